The van der Waals surface area contributed by atoms with Gasteiger partial charge in [-0.05, 0) is 36.4 Å². The summed E-state index contributed by atoms with van der Waals surface area (Å²) in [4.78, 5) is 29.0. The minimum Gasteiger partial charge on any atom is -0.457 e. The lowest BCUT2D eigenvalue weighted by Gasteiger charge is -2.05. The van der Waals surface area contributed by atoms with Gasteiger partial charge in [0.1, 0.15) is 11.5 Å². The van der Waals surface area contributed by atoms with Crippen molar-refractivity contribution in [2.75, 3.05) is 17.6 Å². The molecule has 0 aliphatic carbocycles. The van der Waals surface area contributed by atoms with Crippen LogP contribution in [0.2, 0.25) is 0 Å². The lowest BCUT2D eigenvalue weighted by atomic mass is 10.1. The highest BCUT2D eigenvalue weighted by Crippen LogP contribution is 2.33. The van der Waals surface area contributed by atoms with E-state index in [1.165, 1.54) is 0 Å². The minimum atomic E-state index is -0.196. The number of amides is 2. The summed E-state index contributed by atoms with van der Waals surface area (Å²) in [5, 5.41) is 6.34. The maximum atomic E-state index is 12.5. The molecule has 0 saturated carbocycles. The molecule has 5 rings (SSSR count). The molecule has 2 aliphatic heterocycles. The van der Waals surface area contributed by atoms with Crippen molar-refractivity contribution in [3.63, 3.8) is 0 Å². The number of para-hydroxylation sites is 1. The molecule has 30 heavy (non-hydrogen) atoms. The molecule has 2 aliphatic rings. The Bertz CT molecular complexity index is 1230. The van der Waals surface area contributed by atoms with Crippen LogP contribution in [-0.4, -0.2) is 29.3 Å². The largest absolute Gasteiger partial charge is 0.457 e. The summed E-state index contributed by atoms with van der Waals surface area (Å²) >= 11 is 1.54. The van der Waals surface area contributed by atoms with E-state index < -0.39 is 0 Å². The molecule has 0 saturated heterocycles. The molecule has 3 heterocycles. The number of rotatable bonds is 3. The molecule has 0 atom stereocenters. The van der Waals surface area contributed by atoms with Gasteiger partial charge in [0.15, 0.2) is 5.17 Å². The first-order chi connectivity index (χ1) is 14.7. The van der Waals surface area contributed by atoms with Gasteiger partial charge in [-0.3, -0.25) is 14.6 Å². The molecule has 3 aromatic rings. The second-order valence-electron chi connectivity index (χ2n) is 6.83. The Morgan fingerprint density at radius 2 is 2.03 bits per heavy atom. The smallest absolute Gasteiger partial charge is 0.257 e. The quantitative estimate of drug-likeness (QED) is 0.626. The van der Waals surface area contributed by atoms with E-state index in [9.17, 15) is 9.59 Å². The predicted octanol–water partition coefficient (Wildman–Crippen LogP) is 4.27. The SMILES string of the molecule is O=C1Nc2ccccc2/C1=C\c1ccc(-c2cccc(C(=O)NC3=NCCS3)c2)o1. The number of benzene rings is 2. The van der Waals surface area contributed by atoms with Gasteiger partial charge < -0.3 is 15.1 Å². The van der Waals surface area contributed by atoms with Gasteiger partial charge in [-0.25, -0.2) is 0 Å². The van der Waals surface area contributed by atoms with E-state index in [1.54, 1.807) is 30.0 Å². The Labute approximate surface area is 177 Å². The lowest BCUT2D eigenvalue weighted by Crippen LogP contribution is -2.27. The summed E-state index contributed by atoms with van der Waals surface area (Å²) in [5.41, 5.74) is 3.53. The molecular formula is C23H17N3O3S. The number of anilines is 1. The molecule has 6 nitrogen and oxygen atoms in total. The standard InChI is InChI=1S/C23H17N3O3S/c27-21(26-23-24-10-11-30-23)15-5-3-4-14(12-15)20-9-8-16(29-20)13-18-17-6-1-2-7-19(17)25-22(18)28/h1-9,12-13H,10-11H2,(H,25,28)(H,24,26,27)/b18-13+. The van der Waals surface area contributed by atoms with Crippen LogP contribution in [0.1, 0.15) is 21.7 Å². The van der Waals surface area contributed by atoms with Gasteiger partial charge in [0.25, 0.3) is 11.8 Å². The van der Waals surface area contributed by atoms with Gasteiger partial charge in [0.2, 0.25) is 0 Å². The highest BCUT2D eigenvalue weighted by Gasteiger charge is 2.24. The van der Waals surface area contributed by atoms with Crippen molar-refractivity contribution in [1.29, 1.82) is 0 Å². The lowest BCUT2D eigenvalue weighted by molar-refractivity contribution is -0.110. The van der Waals surface area contributed by atoms with Crippen molar-refractivity contribution < 1.29 is 14.0 Å². The molecule has 0 radical (unpaired) electrons. The topological polar surface area (TPSA) is 83.7 Å². The Morgan fingerprint density at radius 1 is 1.13 bits per heavy atom. The number of aliphatic imine (C=N–C) groups is 1. The molecule has 2 aromatic carbocycles. The Kier molecular flexibility index (Phi) is 4.72. The fourth-order valence-corrected chi connectivity index (χ4v) is 4.13. The second-order valence-corrected chi connectivity index (χ2v) is 7.91. The fourth-order valence-electron chi connectivity index (χ4n) is 3.40. The summed E-state index contributed by atoms with van der Waals surface area (Å²) < 4.78 is 5.95. The van der Waals surface area contributed by atoms with Crippen molar-refractivity contribution in [3.8, 4) is 11.3 Å². The number of carbonyl (C=O) groups is 2. The number of thioether (sulfide) groups is 1. The molecule has 2 N–H and O–H groups in total. The average molecular weight is 415 g/mol. The number of furan rings is 1. The highest BCUT2D eigenvalue weighted by atomic mass is 32.2. The van der Waals surface area contributed by atoms with E-state index in [-0.39, 0.29) is 11.8 Å². The zero-order valence-electron chi connectivity index (χ0n) is 15.8. The number of amidine groups is 1. The summed E-state index contributed by atoms with van der Waals surface area (Å²) in [6, 6.07) is 18.4. The van der Waals surface area contributed by atoms with Crippen LogP contribution in [0, 0.1) is 0 Å². The minimum absolute atomic E-state index is 0.152. The number of hydrogen-bond acceptors (Lipinski definition) is 5. The van der Waals surface area contributed by atoms with Crippen LogP contribution in [0.4, 0.5) is 5.69 Å². The Morgan fingerprint density at radius 3 is 2.90 bits per heavy atom. The van der Waals surface area contributed by atoms with Crippen LogP contribution in [-0.2, 0) is 4.79 Å². The van der Waals surface area contributed by atoms with Crippen LogP contribution in [0.15, 0.2) is 70.1 Å². The Balaban J connectivity index is 1.40. The van der Waals surface area contributed by atoms with E-state index >= 15 is 0 Å². The number of fused-ring (bicyclic) bond motifs is 1. The van der Waals surface area contributed by atoms with Gasteiger partial charge in [0, 0.05) is 28.1 Å². The summed E-state index contributed by atoms with van der Waals surface area (Å²) in [7, 11) is 0. The van der Waals surface area contributed by atoms with Crippen molar-refractivity contribution in [3.05, 3.63) is 77.6 Å². The van der Waals surface area contributed by atoms with Gasteiger partial charge >= 0.3 is 0 Å². The zero-order valence-corrected chi connectivity index (χ0v) is 16.7. The predicted molar refractivity (Wildman–Crippen MR) is 119 cm³/mol. The Hall–Kier alpha value is -3.58. The van der Waals surface area contributed by atoms with Crippen molar-refractivity contribution in [2.24, 2.45) is 4.99 Å². The summed E-state index contributed by atoms with van der Waals surface area (Å²) in [5.74, 6) is 1.73. The van der Waals surface area contributed by atoms with E-state index in [1.807, 2.05) is 48.5 Å². The van der Waals surface area contributed by atoms with Gasteiger partial charge in [0.05, 0.1) is 12.1 Å². The fraction of sp³-hybridized carbons (Fsp3) is 0.0870. The average Bonchev–Trinajstić information content (AvgIpc) is 3.50. The van der Waals surface area contributed by atoms with E-state index in [2.05, 4.69) is 15.6 Å². The van der Waals surface area contributed by atoms with Crippen LogP contribution in [0.5, 0.6) is 0 Å². The van der Waals surface area contributed by atoms with E-state index in [0.717, 1.165) is 29.1 Å². The highest BCUT2D eigenvalue weighted by molar-refractivity contribution is 8.14. The number of nitrogens with one attached hydrogen (secondary N) is 2. The van der Waals surface area contributed by atoms with Crippen LogP contribution in [0.25, 0.3) is 23.0 Å². The summed E-state index contributed by atoms with van der Waals surface area (Å²) in [6.45, 7) is 0.730. The van der Waals surface area contributed by atoms with E-state index in [0.29, 0.717) is 27.8 Å². The number of nitrogens with zero attached hydrogens (tertiary/aromatic N) is 1. The van der Waals surface area contributed by atoms with Crippen molar-refractivity contribution >= 4 is 46.1 Å². The maximum absolute atomic E-state index is 12.5. The number of carbonyl (C=O) groups excluding carboxylic acids is 2. The van der Waals surface area contributed by atoms with Crippen LogP contribution >= 0.6 is 11.8 Å². The van der Waals surface area contributed by atoms with Crippen LogP contribution in [0.3, 0.4) is 0 Å². The van der Waals surface area contributed by atoms with Crippen molar-refractivity contribution in [2.45, 2.75) is 0 Å². The van der Waals surface area contributed by atoms with Crippen LogP contribution < -0.4 is 10.6 Å². The molecule has 1 aromatic heterocycles. The van der Waals surface area contributed by atoms with E-state index in [4.69, 9.17) is 4.42 Å². The third-order valence-electron chi connectivity index (χ3n) is 4.84. The number of hydrogen-bond donors (Lipinski definition) is 2. The molecule has 2 amide bonds. The molecule has 7 heteroatoms. The molecule has 148 valence electrons. The second kappa shape index (κ2) is 7.68. The molecule has 0 unspecified atom stereocenters. The first-order valence-corrected chi connectivity index (χ1v) is 10.5. The molecular weight excluding hydrogens is 398 g/mol. The normalized spacial score (nSPS) is 16.3. The zero-order chi connectivity index (χ0) is 20.5. The monoisotopic (exact) mass is 415 g/mol. The van der Waals surface area contributed by atoms with Gasteiger partial charge in [-0.2, -0.15) is 0 Å². The maximum Gasteiger partial charge on any atom is 0.257 e. The summed E-state index contributed by atoms with van der Waals surface area (Å²) in [6.07, 6.45) is 1.73. The third kappa shape index (κ3) is 3.55. The first-order valence-electron chi connectivity index (χ1n) is 9.49. The molecule has 0 spiro atoms. The van der Waals surface area contributed by atoms with Gasteiger partial charge in [-0.1, -0.05) is 42.1 Å². The third-order valence-corrected chi connectivity index (χ3v) is 5.73. The van der Waals surface area contributed by atoms with Crippen molar-refractivity contribution in [1.82, 2.24) is 5.32 Å². The molecule has 0 fully saturated rings. The van der Waals surface area contributed by atoms with Gasteiger partial charge in [-0.15, -0.1) is 0 Å². The first kappa shape index (κ1) is 18.4. The molecule has 0 bridgehead atoms.